The first kappa shape index (κ1) is 31.4. The van der Waals surface area contributed by atoms with Gasteiger partial charge in [0, 0.05) is 6.92 Å². The normalized spacial score (nSPS) is 6.45. The monoisotopic (exact) mass is 445 g/mol. The first-order chi connectivity index (χ1) is 8.51. The van der Waals surface area contributed by atoms with Crippen molar-refractivity contribution in [3.8, 4) is 6.07 Å². The van der Waals surface area contributed by atoms with E-state index < -0.39 is 0 Å². The second kappa shape index (κ2) is 20.3. The van der Waals surface area contributed by atoms with E-state index in [1.165, 1.54) is 35.6 Å². The second-order valence-corrected chi connectivity index (χ2v) is 3.56. The molecule has 0 spiro atoms. The predicted molar refractivity (Wildman–Crippen MR) is 75.9 cm³/mol. The molecular formula is C16H23NO2W. The molecule has 0 radical (unpaired) electrons. The number of hydrogen-bond acceptors (Lipinski definition) is 1. The van der Waals surface area contributed by atoms with Gasteiger partial charge in [0.15, 0.2) is 0 Å². The average molecular weight is 445 g/mol. The van der Waals surface area contributed by atoms with Gasteiger partial charge >= 0.3 is 43.7 Å². The minimum absolute atomic E-state index is 0. The topological polar surface area (TPSA) is 63.6 Å². The van der Waals surface area contributed by atoms with Crippen LogP contribution >= 0.6 is 0 Å². The SMILES string of the molecule is CC#N.CCc1c(C)c(C)[c-](C)c1C.[C-]#[O+].[C-]#[O+].[CH3-].[W+2]. The van der Waals surface area contributed by atoms with Crippen molar-refractivity contribution in [1.29, 1.82) is 5.26 Å². The molecule has 0 bridgehead atoms. The summed E-state index contributed by atoms with van der Waals surface area (Å²) < 4.78 is 15.0. The van der Waals surface area contributed by atoms with Gasteiger partial charge < -0.3 is 7.43 Å². The van der Waals surface area contributed by atoms with Gasteiger partial charge in [-0.25, -0.2) is 0 Å². The Morgan fingerprint density at radius 3 is 1.50 bits per heavy atom. The summed E-state index contributed by atoms with van der Waals surface area (Å²) in [5, 5.41) is 7.32. The van der Waals surface area contributed by atoms with Gasteiger partial charge in [0.1, 0.15) is 0 Å². The Balaban J connectivity index is -0.0000000725. The van der Waals surface area contributed by atoms with E-state index in [2.05, 4.69) is 47.9 Å². The molecule has 0 heterocycles. The van der Waals surface area contributed by atoms with Crippen molar-refractivity contribution in [2.75, 3.05) is 0 Å². The molecule has 0 atom stereocenters. The van der Waals surface area contributed by atoms with Crippen LogP contribution in [0.25, 0.3) is 0 Å². The van der Waals surface area contributed by atoms with Crippen molar-refractivity contribution in [2.24, 2.45) is 0 Å². The van der Waals surface area contributed by atoms with Crippen LogP contribution in [0, 0.1) is 59.8 Å². The molecule has 4 heteroatoms. The molecule has 0 aromatic heterocycles. The average Bonchev–Trinajstić information content (AvgIpc) is 2.59. The fraction of sp³-hybridized carbons (Fsp3) is 0.438. The molecule has 3 nitrogen and oxygen atoms in total. The Labute approximate surface area is 138 Å². The Morgan fingerprint density at radius 2 is 1.40 bits per heavy atom. The molecule has 0 amide bonds. The van der Waals surface area contributed by atoms with Gasteiger partial charge in [-0.1, -0.05) is 41.0 Å². The number of nitrogens with zero attached hydrogens (tertiary/aromatic N) is 1. The zero-order chi connectivity index (χ0) is 15.3. The van der Waals surface area contributed by atoms with Gasteiger partial charge in [-0.2, -0.15) is 33.1 Å². The van der Waals surface area contributed by atoms with Crippen LogP contribution in [0.4, 0.5) is 0 Å². The van der Waals surface area contributed by atoms with Crippen LogP contribution in [-0.4, -0.2) is 0 Å². The first-order valence-electron chi connectivity index (χ1n) is 5.44. The minimum Gasteiger partial charge on any atom is -0.358 e. The van der Waals surface area contributed by atoms with E-state index in [4.69, 9.17) is 14.6 Å². The Kier molecular flexibility index (Phi) is 31.9. The van der Waals surface area contributed by atoms with Gasteiger partial charge in [-0.3, -0.25) is 0 Å². The first-order valence-corrected chi connectivity index (χ1v) is 5.44. The third-order valence-electron chi connectivity index (χ3n) is 2.95. The van der Waals surface area contributed by atoms with Gasteiger partial charge in [0.05, 0.1) is 6.07 Å². The molecule has 0 aliphatic heterocycles. The van der Waals surface area contributed by atoms with E-state index in [1.807, 2.05) is 0 Å². The van der Waals surface area contributed by atoms with Crippen molar-refractivity contribution in [1.82, 2.24) is 0 Å². The van der Waals surface area contributed by atoms with Crippen molar-refractivity contribution in [2.45, 2.75) is 48.0 Å². The fourth-order valence-electron chi connectivity index (χ4n) is 1.83. The Morgan fingerprint density at radius 1 is 1.10 bits per heavy atom. The molecule has 0 saturated carbocycles. The molecule has 0 fully saturated rings. The predicted octanol–water partition coefficient (Wildman–Crippen LogP) is 4.10. The maximum Gasteiger partial charge on any atom is 2.00 e. The summed E-state index contributed by atoms with van der Waals surface area (Å²) in [6.45, 7) is 21.6. The van der Waals surface area contributed by atoms with Crippen LogP contribution in [0.1, 0.15) is 41.7 Å². The summed E-state index contributed by atoms with van der Waals surface area (Å²) in [4.78, 5) is 0. The van der Waals surface area contributed by atoms with Crippen molar-refractivity contribution in [3.63, 3.8) is 0 Å². The molecule has 1 aromatic carbocycles. The van der Waals surface area contributed by atoms with Crippen LogP contribution in [0.5, 0.6) is 0 Å². The number of rotatable bonds is 1. The largest absolute Gasteiger partial charge is 2.00 e. The summed E-state index contributed by atoms with van der Waals surface area (Å²) in [6, 6.07) is 1.75. The summed E-state index contributed by atoms with van der Waals surface area (Å²) in [5.74, 6) is 0. The number of hydrogen-bond donors (Lipinski definition) is 0. The maximum atomic E-state index is 7.50. The third-order valence-corrected chi connectivity index (χ3v) is 2.95. The van der Waals surface area contributed by atoms with Gasteiger partial charge in [0.25, 0.3) is 0 Å². The van der Waals surface area contributed by atoms with Gasteiger partial charge in [-0.15, -0.1) is 0 Å². The maximum absolute atomic E-state index is 7.50. The summed E-state index contributed by atoms with van der Waals surface area (Å²) in [5.41, 5.74) is 7.53. The van der Waals surface area contributed by atoms with Gasteiger partial charge in [0.2, 0.25) is 0 Å². The van der Waals surface area contributed by atoms with Crippen LogP contribution in [0.3, 0.4) is 0 Å². The minimum atomic E-state index is 0. The molecule has 110 valence electrons. The summed E-state index contributed by atoms with van der Waals surface area (Å²) >= 11 is 0. The van der Waals surface area contributed by atoms with E-state index in [1.54, 1.807) is 11.6 Å². The third kappa shape index (κ3) is 9.88. The zero-order valence-electron chi connectivity index (χ0n) is 13.4. The van der Waals surface area contributed by atoms with E-state index >= 15 is 0 Å². The molecule has 0 N–H and O–H groups in total. The van der Waals surface area contributed by atoms with Crippen molar-refractivity contribution in [3.05, 3.63) is 48.5 Å². The summed E-state index contributed by atoms with van der Waals surface area (Å²) in [7, 11) is 0. The van der Waals surface area contributed by atoms with E-state index in [-0.39, 0.29) is 28.5 Å². The van der Waals surface area contributed by atoms with Crippen LogP contribution < -0.4 is 0 Å². The van der Waals surface area contributed by atoms with Crippen LogP contribution in [-0.2, 0) is 36.8 Å². The van der Waals surface area contributed by atoms with E-state index in [0.717, 1.165) is 0 Å². The Bertz CT molecular complexity index is 392. The van der Waals surface area contributed by atoms with Crippen LogP contribution in [0.2, 0.25) is 0 Å². The molecule has 0 unspecified atom stereocenters. The molecule has 0 saturated heterocycles. The number of nitriles is 1. The molecule has 1 aromatic rings. The molecule has 20 heavy (non-hydrogen) atoms. The molecular weight excluding hydrogens is 422 g/mol. The van der Waals surface area contributed by atoms with Crippen molar-refractivity contribution >= 4 is 0 Å². The van der Waals surface area contributed by atoms with E-state index in [9.17, 15) is 0 Å². The second-order valence-electron chi connectivity index (χ2n) is 3.56. The molecule has 1 rings (SSSR count). The zero-order valence-corrected chi connectivity index (χ0v) is 16.3. The molecule has 0 aliphatic rings. The Hall–Kier alpha value is -0.992. The van der Waals surface area contributed by atoms with Crippen LogP contribution in [0.15, 0.2) is 0 Å². The fourth-order valence-corrected chi connectivity index (χ4v) is 1.83. The van der Waals surface area contributed by atoms with E-state index in [0.29, 0.717) is 0 Å². The van der Waals surface area contributed by atoms with Gasteiger partial charge in [-0.05, 0) is 0 Å². The summed E-state index contributed by atoms with van der Waals surface area (Å²) in [6.07, 6.45) is 1.17. The molecule has 0 aliphatic carbocycles. The quantitative estimate of drug-likeness (QED) is 0.474. The smallest absolute Gasteiger partial charge is 0.358 e. The standard InChI is InChI=1S/C11H17.C2H3N.2CO.CH3.W/c1-6-11-9(4)7(2)8(3)10(11)5;1-2-3;2*1-2;;/h6H2,1-5H3;1H3;;;1H3;/q-1;;;;-1;+2. The van der Waals surface area contributed by atoms with Crippen molar-refractivity contribution < 1.29 is 30.4 Å².